The minimum absolute atomic E-state index is 0. The third-order valence-corrected chi connectivity index (χ3v) is 5.89. The van der Waals surface area contributed by atoms with Crippen molar-refractivity contribution < 1.29 is 25.7 Å². The predicted octanol–water partition coefficient (Wildman–Crippen LogP) is 12.1. The zero-order valence-corrected chi connectivity index (χ0v) is 39.1. The molecule has 5 aromatic rings. The number of nitro benzene ring substituents is 3. The van der Waals surface area contributed by atoms with E-state index in [-0.39, 0.29) is 28.0 Å². The van der Waals surface area contributed by atoms with Gasteiger partial charge in [-0.05, 0) is 77.7 Å². The minimum atomic E-state index is -0.826. The molecule has 5 aromatic carbocycles. The maximum absolute atomic E-state index is 10.5. The number of aryl methyl sites for hydroxylation is 1. The first-order valence-corrected chi connectivity index (χ1v) is 25.1. The van der Waals surface area contributed by atoms with Crippen molar-refractivity contribution in [1.29, 1.82) is 0 Å². The van der Waals surface area contributed by atoms with Crippen molar-refractivity contribution in [3.8, 4) is 22.3 Å². The third-order valence-electron chi connectivity index (χ3n) is 5.89. The molecule has 0 amide bonds. The van der Waals surface area contributed by atoms with E-state index in [1.54, 1.807) is 36.4 Å². The van der Waals surface area contributed by atoms with E-state index in [4.69, 9.17) is 29.3 Å². The molecule has 5 rings (SSSR count). The van der Waals surface area contributed by atoms with Gasteiger partial charge in [0.1, 0.15) is 0 Å². The van der Waals surface area contributed by atoms with Crippen molar-refractivity contribution >= 4 is 65.2 Å². The summed E-state index contributed by atoms with van der Waals surface area (Å²) in [4.78, 5) is 29.8. The molecule has 0 aromatic heterocycles. The van der Waals surface area contributed by atoms with Crippen LogP contribution in [0.2, 0.25) is 0 Å². The summed E-state index contributed by atoms with van der Waals surface area (Å²) < 4.78 is 0. The van der Waals surface area contributed by atoms with Crippen molar-refractivity contribution in [2.24, 2.45) is 0 Å². The first-order chi connectivity index (χ1) is 26.4. The second kappa shape index (κ2) is 42.3. The van der Waals surface area contributed by atoms with Crippen LogP contribution in [0.25, 0.3) is 22.3 Å². The second-order valence-electron chi connectivity index (χ2n) is 9.02. The topological polar surface area (TPSA) is 244 Å². The number of non-ortho nitro benzene ring substituents is 3. The van der Waals surface area contributed by atoms with Crippen molar-refractivity contribution in [2.75, 3.05) is 11.5 Å². The van der Waals surface area contributed by atoms with Crippen LogP contribution < -0.4 is 11.5 Å². The number of nitrogens with zero attached hydrogens (tertiary/aromatic N) is 3. The Morgan fingerprint density at radius 3 is 0.737 bits per heavy atom. The summed E-state index contributed by atoms with van der Waals surface area (Å²) in [5, 5.41) is 31.1. The Bertz CT molecular complexity index is 1590. The van der Waals surface area contributed by atoms with Crippen LogP contribution in [-0.2, 0) is 0 Å². The van der Waals surface area contributed by atoms with Gasteiger partial charge in [-0.1, -0.05) is 111 Å². The summed E-state index contributed by atoms with van der Waals surface area (Å²) in [6.45, 7) is 21.9. The standard InChI is InChI=1S/C12H8N2O4.C12H12N2.C7H7NO2.5C2H6.2ClH.2H2O.Sn/c15-13(16)11-5-1-9(2-6-11)10-3-7-12(8-4-10)14(17)18;13-11-5-1-9(2-6-11)10-3-7-12(14)8-4-10;1-6-2-4-7(5-3-6)8(9)10;5*1-2;;;;;/h1-8H;1-8H,13-14H2;2-5H,1H3;5*1-2H3;2*1H;2*1H2;/q;;;;;;;;;;;;+2/p-2. The summed E-state index contributed by atoms with van der Waals surface area (Å²) in [6, 6.07) is 34.1. The van der Waals surface area contributed by atoms with Gasteiger partial charge in [0.2, 0.25) is 0 Å². The zero-order valence-electron chi connectivity index (χ0n) is 34.7. The summed E-state index contributed by atoms with van der Waals surface area (Å²) >= 11 is -0.826. The molecule has 0 saturated carbocycles. The first-order valence-electron chi connectivity index (χ1n) is 17.8. The molecular formula is C41H61Cl2N5O8Sn. The second-order valence-corrected chi connectivity index (χ2v) is 13.3. The van der Waals surface area contributed by atoms with Crippen molar-refractivity contribution in [3.63, 3.8) is 0 Å². The van der Waals surface area contributed by atoms with Crippen LogP contribution in [0.1, 0.15) is 74.8 Å². The van der Waals surface area contributed by atoms with Crippen LogP contribution in [0.4, 0.5) is 28.4 Å². The molecule has 0 heterocycles. The van der Waals surface area contributed by atoms with E-state index in [2.05, 4.69) is 0 Å². The van der Waals surface area contributed by atoms with E-state index in [0.29, 0.717) is 0 Å². The van der Waals surface area contributed by atoms with E-state index in [1.807, 2.05) is 125 Å². The molecule has 16 heteroatoms. The van der Waals surface area contributed by atoms with Crippen LogP contribution in [0, 0.1) is 37.3 Å². The molecule has 2 radical (unpaired) electrons. The molecule has 0 aliphatic heterocycles. The van der Waals surface area contributed by atoms with Crippen molar-refractivity contribution in [2.45, 2.75) is 76.2 Å². The van der Waals surface area contributed by atoms with E-state index in [0.717, 1.165) is 39.2 Å². The number of halogens is 2. The van der Waals surface area contributed by atoms with Crippen LogP contribution >= 0.6 is 17.8 Å². The monoisotopic (exact) mass is 941 g/mol. The number of benzene rings is 5. The average Bonchev–Trinajstić information content (AvgIpc) is 3.23. The Morgan fingerprint density at radius 1 is 0.404 bits per heavy atom. The van der Waals surface area contributed by atoms with Gasteiger partial charge in [-0.2, -0.15) is 0 Å². The molecule has 57 heavy (non-hydrogen) atoms. The molecule has 0 aliphatic rings. The van der Waals surface area contributed by atoms with Gasteiger partial charge in [-0.3, -0.25) is 30.3 Å². The van der Waals surface area contributed by atoms with Gasteiger partial charge in [0, 0.05) is 47.8 Å². The molecule has 8 N–H and O–H groups in total. The molecule has 316 valence electrons. The quantitative estimate of drug-likeness (QED) is 0.0741. The molecule has 0 aliphatic carbocycles. The Morgan fingerprint density at radius 2 is 0.561 bits per heavy atom. The summed E-state index contributed by atoms with van der Waals surface area (Å²) in [7, 11) is 9.87. The Labute approximate surface area is 356 Å². The Kier molecular flexibility index (Phi) is 47.6. The Balaban J connectivity index is -0.000000150. The fraction of sp³-hybridized carbons (Fsp3) is 0.268. The molecule has 0 bridgehead atoms. The van der Waals surface area contributed by atoms with Crippen LogP contribution in [0.5, 0.6) is 0 Å². The molecule has 13 nitrogen and oxygen atoms in total. The van der Waals surface area contributed by atoms with E-state index in [9.17, 15) is 30.3 Å². The maximum atomic E-state index is 10.5. The molecule has 0 spiro atoms. The molecule has 0 saturated heterocycles. The number of hydrogen-bond acceptors (Lipinski definition) is 8. The molecule has 0 atom stereocenters. The van der Waals surface area contributed by atoms with Gasteiger partial charge < -0.3 is 22.4 Å². The van der Waals surface area contributed by atoms with E-state index in [1.165, 1.54) is 36.4 Å². The molecular weight excluding hydrogens is 880 g/mol. The first kappa shape index (κ1) is 64.1. The third kappa shape index (κ3) is 29.2. The Hall–Kier alpha value is -4.80. The van der Waals surface area contributed by atoms with Gasteiger partial charge in [0.05, 0.1) is 14.8 Å². The van der Waals surface area contributed by atoms with Crippen LogP contribution in [0.15, 0.2) is 121 Å². The summed E-state index contributed by atoms with van der Waals surface area (Å²) in [5.74, 6) is 0. The number of hydrogen-bond donors (Lipinski definition) is 2. The summed E-state index contributed by atoms with van der Waals surface area (Å²) in [6.07, 6.45) is 0. The zero-order chi connectivity index (χ0) is 43.4. The van der Waals surface area contributed by atoms with Gasteiger partial charge in [0.15, 0.2) is 0 Å². The number of nitrogen functional groups attached to an aromatic ring is 2. The van der Waals surface area contributed by atoms with Gasteiger partial charge in [0.25, 0.3) is 17.1 Å². The average molecular weight is 942 g/mol. The molecule has 0 unspecified atom stereocenters. The molecule has 0 fully saturated rings. The number of rotatable bonds is 5. The number of nitrogens with two attached hydrogens (primary N) is 2. The van der Waals surface area contributed by atoms with Gasteiger partial charge in [-0.25, -0.2) is 0 Å². The fourth-order valence-corrected chi connectivity index (χ4v) is 3.57. The van der Waals surface area contributed by atoms with E-state index < -0.39 is 33.7 Å². The van der Waals surface area contributed by atoms with E-state index >= 15 is 0 Å². The summed E-state index contributed by atoms with van der Waals surface area (Å²) in [5.41, 5.74) is 17.8. The van der Waals surface area contributed by atoms with Crippen molar-refractivity contribution in [1.82, 2.24) is 0 Å². The van der Waals surface area contributed by atoms with Gasteiger partial charge in [-0.15, -0.1) is 0 Å². The normalized spacial score (nSPS) is 8.09. The predicted molar refractivity (Wildman–Crippen MR) is 245 cm³/mol. The van der Waals surface area contributed by atoms with Gasteiger partial charge >= 0.3 is 36.7 Å². The van der Waals surface area contributed by atoms with Crippen LogP contribution in [-0.4, -0.2) is 44.6 Å². The van der Waals surface area contributed by atoms with Crippen LogP contribution in [0.3, 0.4) is 0 Å². The SMILES string of the molecule is CC.CC.CC.CC.CC.Cc1ccc([N+](=O)[O-])cc1.Nc1ccc(-c2ccc(N)cc2)cc1.O.O.O=[N+]([O-])c1ccc(-c2ccc([N+](=O)[O-])cc2)cc1.[Cl][Sn][Cl]. The fourth-order valence-electron chi connectivity index (χ4n) is 3.57. The number of nitro groups is 3. The van der Waals surface area contributed by atoms with Crippen molar-refractivity contribution in [3.05, 3.63) is 157 Å². The number of anilines is 2.